The lowest BCUT2D eigenvalue weighted by molar-refractivity contribution is 0.0541. The van der Waals surface area contributed by atoms with Gasteiger partial charge in [0.15, 0.2) is 0 Å². The lowest BCUT2D eigenvalue weighted by atomic mass is 10.1. The molecule has 7 nitrogen and oxygen atoms in total. The van der Waals surface area contributed by atoms with E-state index in [9.17, 15) is 9.90 Å². The molecule has 2 heterocycles. The Morgan fingerprint density at radius 2 is 1.85 bits per heavy atom. The maximum atomic E-state index is 11.3. The summed E-state index contributed by atoms with van der Waals surface area (Å²) in [6.45, 7) is 4.69. The van der Waals surface area contributed by atoms with Crippen molar-refractivity contribution in [2.45, 2.75) is 6.42 Å². The van der Waals surface area contributed by atoms with Crippen molar-refractivity contribution in [1.82, 2.24) is 15.4 Å². The zero-order valence-corrected chi connectivity index (χ0v) is 18.6. The lowest BCUT2D eigenvalue weighted by Gasteiger charge is -2.11. The van der Waals surface area contributed by atoms with Crippen molar-refractivity contribution in [3.8, 4) is 22.9 Å². The fourth-order valence-electron chi connectivity index (χ4n) is 3.13. The molecule has 2 aromatic carbocycles. The fourth-order valence-corrected chi connectivity index (χ4v) is 3.89. The average molecular weight is 462 g/mol. The summed E-state index contributed by atoms with van der Waals surface area (Å²) in [5, 5.41) is 9.69. The van der Waals surface area contributed by atoms with Crippen LogP contribution in [-0.4, -0.2) is 28.3 Å². The molecule has 0 saturated carbocycles. The van der Waals surface area contributed by atoms with Crippen molar-refractivity contribution in [3.63, 3.8) is 0 Å². The molecule has 168 valence electrons. The van der Waals surface area contributed by atoms with Gasteiger partial charge in [-0.25, -0.2) is 0 Å². The van der Waals surface area contributed by atoms with Crippen LogP contribution in [0.25, 0.3) is 17.0 Å². The topological polar surface area (TPSA) is 96.5 Å². The van der Waals surface area contributed by atoms with Gasteiger partial charge in [-0.1, -0.05) is 60.4 Å². The molecule has 4 rings (SSSR count). The third-order valence-electron chi connectivity index (χ3n) is 4.83. The first-order chi connectivity index (χ1) is 16.1. The van der Waals surface area contributed by atoms with Crippen LogP contribution in [-0.2, 0) is 11.3 Å². The number of H-pyrrole nitrogens is 1. The summed E-state index contributed by atoms with van der Waals surface area (Å²) in [6, 6.07) is 21.2. The van der Waals surface area contributed by atoms with Crippen LogP contribution in [0.5, 0.6) is 11.6 Å². The lowest BCUT2D eigenvalue weighted by Crippen LogP contribution is -2.17. The number of hydrogen-bond donors (Lipinski definition) is 3. The Bertz CT molecular complexity index is 1250. The van der Waals surface area contributed by atoms with E-state index in [0.29, 0.717) is 36.0 Å². The van der Waals surface area contributed by atoms with E-state index in [0.717, 1.165) is 33.7 Å². The molecule has 4 aromatic rings. The number of aromatic amines is 1. The standard InChI is InChI=1S/C25H23N3O4S/c1-17(19-7-9-20(10-8-19)22-4-2-3-13-26-22)28-32-15-14-31-21-11-5-18(6-12-21)16-23-24(29)27-25(30)33-23/h2-13,28-29H,1,14-16H2,(H,27,30). The second kappa shape index (κ2) is 10.6. The molecule has 3 N–H and O–H groups in total. The van der Waals surface area contributed by atoms with Crippen molar-refractivity contribution >= 4 is 17.0 Å². The molecule has 0 amide bonds. The predicted molar refractivity (Wildman–Crippen MR) is 129 cm³/mol. The average Bonchev–Trinajstić information content (AvgIpc) is 3.16. The summed E-state index contributed by atoms with van der Waals surface area (Å²) in [5.74, 6) is 0.637. The Morgan fingerprint density at radius 1 is 1.06 bits per heavy atom. The van der Waals surface area contributed by atoms with Crippen LogP contribution in [0.4, 0.5) is 0 Å². The van der Waals surface area contributed by atoms with Gasteiger partial charge in [0.1, 0.15) is 19.0 Å². The van der Waals surface area contributed by atoms with E-state index in [1.165, 1.54) is 0 Å². The minimum Gasteiger partial charge on any atom is -0.494 e. The number of ether oxygens (including phenoxy) is 1. The predicted octanol–water partition coefficient (Wildman–Crippen LogP) is 4.37. The van der Waals surface area contributed by atoms with Gasteiger partial charge < -0.3 is 9.84 Å². The van der Waals surface area contributed by atoms with Gasteiger partial charge >= 0.3 is 4.87 Å². The molecule has 0 saturated heterocycles. The maximum absolute atomic E-state index is 11.3. The number of hydrogen-bond acceptors (Lipinski definition) is 7. The van der Waals surface area contributed by atoms with Gasteiger partial charge in [-0.2, -0.15) is 0 Å². The summed E-state index contributed by atoms with van der Waals surface area (Å²) in [5.41, 5.74) is 7.35. The van der Waals surface area contributed by atoms with E-state index >= 15 is 0 Å². The second-order valence-electron chi connectivity index (χ2n) is 7.18. The van der Waals surface area contributed by atoms with E-state index in [-0.39, 0.29) is 10.8 Å². The number of benzene rings is 2. The van der Waals surface area contributed by atoms with E-state index in [4.69, 9.17) is 9.57 Å². The summed E-state index contributed by atoms with van der Waals surface area (Å²) >= 11 is 1.01. The SMILES string of the molecule is C=C(NOCCOc1ccc(Cc2sc(=O)[nH]c2O)cc1)c1ccc(-c2ccccn2)cc1. The zero-order chi connectivity index (χ0) is 23.0. The summed E-state index contributed by atoms with van der Waals surface area (Å²) in [7, 11) is 0. The molecule has 33 heavy (non-hydrogen) atoms. The van der Waals surface area contributed by atoms with Crippen LogP contribution in [0, 0.1) is 0 Å². The van der Waals surface area contributed by atoms with Crippen LogP contribution >= 0.6 is 11.3 Å². The maximum Gasteiger partial charge on any atom is 0.307 e. The zero-order valence-electron chi connectivity index (χ0n) is 17.8. The van der Waals surface area contributed by atoms with E-state index in [2.05, 4.69) is 22.0 Å². The first-order valence-electron chi connectivity index (χ1n) is 10.3. The molecule has 0 radical (unpaired) electrons. The number of hydroxylamine groups is 1. The molecule has 0 bridgehead atoms. The quantitative estimate of drug-likeness (QED) is 0.240. The smallest absolute Gasteiger partial charge is 0.307 e. The molecule has 0 fully saturated rings. The summed E-state index contributed by atoms with van der Waals surface area (Å²) in [4.78, 5) is 23.8. The van der Waals surface area contributed by atoms with Crippen LogP contribution in [0.3, 0.4) is 0 Å². The number of rotatable bonds is 10. The molecule has 2 aromatic heterocycles. The van der Waals surface area contributed by atoms with E-state index < -0.39 is 0 Å². The van der Waals surface area contributed by atoms with Gasteiger partial charge in [0, 0.05) is 18.2 Å². The molecule has 8 heteroatoms. The number of aromatic hydroxyl groups is 1. The van der Waals surface area contributed by atoms with Crippen molar-refractivity contribution in [2.75, 3.05) is 13.2 Å². The Morgan fingerprint density at radius 3 is 2.52 bits per heavy atom. The molecular weight excluding hydrogens is 438 g/mol. The number of pyridine rings is 1. The number of nitrogens with zero attached hydrogens (tertiary/aromatic N) is 1. The van der Waals surface area contributed by atoms with Gasteiger partial charge in [0.05, 0.1) is 16.3 Å². The van der Waals surface area contributed by atoms with Gasteiger partial charge in [-0.15, -0.1) is 0 Å². The van der Waals surface area contributed by atoms with E-state index in [1.807, 2.05) is 66.7 Å². The molecule has 0 aliphatic heterocycles. The normalized spacial score (nSPS) is 10.7. The number of aromatic nitrogens is 2. The van der Waals surface area contributed by atoms with Crippen LogP contribution < -0.4 is 15.1 Å². The first-order valence-corrected chi connectivity index (χ1v) is 11.1. The van der Waals surface area contributed by atoms with Gasteiger partial charge in [-0.3, -0.25) is 25.1 Å². The molecule has 0 atom stereocenters. The Balaban J connectivity index is 1.18. The monoisotopic (exact) mass is 461 g/mol. The highest BCUT2D eigenvalue weighted by Gasteiger charge is 2.08. The molecule has 0 aliphatic rings. The third-order valence-corrected chi connectivity index (χ3v) is 5.70. The Labute approximate surface area is 195 Å². The second-order valence-corrected chi connectivity index (χ2v) is 8.24. The molecule has 0 spiro atoms. The van der Waals surface area contributed by atoms with Gasteiger partial charge in [0.25, 0.3) is 0 Å². The number of nitrogens with one attached hydrogen (secondary N) is 2. The molecule has 0 aliphatic carbocycles. The molecular formula is C25H23N3O4S. The largest absolute Gasteiger partial charge is 0.494 e. The van der Waals surface area contributed by atoms with Crippen molar-refractivity contribution in [2.24, 2.45) is 0 Å². The first kappa shape index (κ1) is 22.3. The third kappa shape index (κ3) is 6.09. The van der Waals surface area contributed by atoms with E-state index in [1.54, 1.807) is 6.20 Å². The van der Waals surface area contributed by atoms with Crippen molar-refractivity contribution in [3.05, 3.63) is 105 Å². The van der Waals surface area contributed by atoms with Crippen molar-refractivity contribution in [1.29, 1.82) is 0 Å². The minimum absolute atomic E-state index is 0.0688. The summed E-state index contributed by atoms with van der Waals surface area (Å²) < 4.78 is 5.69. The summed E-state index contributed by atoms with van der Waals surface area (Å²) in [6.07, 6.45) is 2.25. The Kier molecular flexibility index (Phi) is 7.19. The van der Waals surface area contributed by atoms with Crippen LogP contribution in [0.15, 0.2) is 84.3 Å². The Hall–Kier alpha value is -3.88. The number of thiazole rings is 1. The van der Waals surface area contributed by atoms with Crippen molar-refractivity contribution < 1.29 is 14.7 Å². The molecule has 0 unspecified atom stereocenters. The van der Waals surface area contributed by atoms with Crippen LogP contribution in [0.1, 0.15) is 16.0 Å². The minimum atomic E-state index is -0.264. The van der Waals surface area contributed by atoms with Gasteiger partial charge in [0.2, 0.25) is 5.88 Å². The highest BCUT2D eigenvalue weighted by atomic mass is 32.1. The fraction of sp³-hybridized carbons (Fsp3) is 0.120. The highest BCUT2D eigenvalue weighted by molar-refractivity contribution is 7.09. The van der Waals surface area contributed by atoms with Crippen LogP contribution in [0.2, 0.25) is 0 Å². The van der Waals surface area contributed by atoms with Gasteiger partial charge in [-0.05, 0) is 35.4 Å². The highest BCUT2D eigenvalue weighted by Crippen LogP contribution is 2.22.